The number of methoxy groups -OCH3 is 1. The molecule has 0 radical (unpaired) electrons. The minimum atomic E-state index is 0.492. The second kappa shape index (κ2) is 6.80. The number of nitrogens with one attached hydrogen (secondary N) is 1. The summed E-state index contributed by atoms with van der Waals surface area (Å²) in [6.07, 6.45) is 6.36. The van der Waals surface area contributed by atoms with Gasteiger partial charge in [0.15, 0.2) is 0 Å². The molecule has 0 saturated carbocycles. The Hall–Kier alpha value is -1.06. The summed E-state index contributed by atoms with van der Waals surface area (Å²) in [6, 6.07) is 5.19. The van der Waals surface area contributed by atoms with Crippen molar-refractivity contribution in [1.29, 1.82) is 0 Å². The number of rotatable bonds is 4. The molecule has 1 atom stereocenters. The Bertz CT molecular complexity index is 480. The van der Waals surface area contributed by atoms with Gasteiger partial charge >= 0.3 is 0 Å². The molecular formula is C18H28N2O. The molecule has 21 heavy (non-hydrogen) atoms. The standard InChI is InChI=1S/C18H28N2O/c1-3-17-16-12-18(21-2)15(11-14(16)7-8-19-17)13-20-9-5-4-6-10-20/h11-12,17,19H,3-10,13H2,1-2H3. The van der Waals surface area contributed by atoms with Crippen LogP contribution in [0.4, 0.5) is 0 Å². The van der Waals surface area contributed by atoms with E-state index < -0.39 is 0 Å². The highest BCUT2D eigenvalue weighted by molar-refractivity contribution is 5.45. The van der Waals surface area contributed by atoms with Gasteiger partial charge in [-0.25, -0.2) is 0 Å². The van der Waals surface area contributed by atoms with Crippen LogP contribution in [0.3, 0.4) is 0 Å². The van der Waals surface area contributed by atoms with Gasteiger partial charge in [-0.05, 0) is 62.5 Å². The van der Waals surface area contributed by atoms with Crippen molar-refractivity contribution >= 4 is 0 Å². The van der Waals surface area contributed by atoms with E-state index in [2.05, 4.69) is 29.3 Å². The minimum absolute atomic E-state index is 0.492. The molecule has 0 bridgehead atoms. The molecule has 3 heteroatoms. The van der Waals surface area contributed by atoms with Gasteiger partial charge in [-0.3, -0.25) is 4.90 Å². The Morgan fingerprint density at radius 1 is 1.24 bits per heavy atom. The third-order valence-corrected chi connectivity index (χ3v) is 4.95. The zero-order valence-corrected chi connectivity index (χ0v) is 13.5. The quantitative estimate of drug-likeness (QED) is 0.920. The zero-order valence-electron chi connectivity index (χ0n) is 13.5. The zero-order chi connectivity index (χ0) is 14.7. The summed E-state index contributed by atoms with van der Waals surface area (Å²) in [5.41, 5.74) is 4.34. The van der Waals surface area contributed by atoms with Crippen molar-refractivity contribution in [2.75, 3.05) is 26.7 Å². The van der Waals surface area contributed by atoms with Gasteiger partial charge in [-0.2, -0.15) is 0 Å². The molecule has 2 aliphatic heterocycles. The van der Waals surface area contributed by atoms with Gasteiger partial charge in [0.2, 0.25) is 0 Å². The molecule has 0 aliphatic carbocycles. The first-order valence-electron chi connectivity index (χ1n) is 8.47. The second-order valence-corrected chi connectivity index (χ2v) is 6.36. The fraction of sp³-hybridized carbons (Fsp3) is 0.667. The summed E-state index contributed by atoms with van der Waals surface area (Å²) in [7, 11) is 1.80. The van der Waals surface area contributed by atoms with E-state index in [-0.39, 0.29) is 0 Å². The fourth-order valence-corrected chi connectivity index (χ4v) is 3.76. The van der Waals surface area contributed by atoms with Crippen LogP contribution in [0.15, 0.2) is 12.1 Å². The SMILES string of the molecule is CCC1NCCc2cc(CN3CCCCC3)c(OC)cc21. The summed E-state index contributed by atoms with van der Waals surface area (Å²) >= 11 is 0. The normalized spacial score (nSPS) is 22.9. The van der Waals surface area contributed by atoms with E-state index in [1.807, 2.05) is 0 Å². The van der Waals surface area contributed by atoms with Crippen LogP contribution in [0.1, 0.15) is 55.3 Å². The topological polar surface area (TPSA) is 24.5 Å². The molecule has 2 aliphatic rings. The number of fused-ring (bicyclic) bond motifs is 1. The van der Waals surface area contributed by atoms with Crippen LogP contribution in [0.5, 0.6) is 5.75 Å². The molecule has 1 unspecified atom stereocenters. The molecule has 2 heterocycles. The Balaban J connectivity index is 1.86. The van der Waals surface area contributed by atoms with Crippen LogP contribution in [0.2, 0.25) is 0 Å². The number of piperidine rings is 1. The van der Waals surface area contributed by atoms with E-state index >= 15 is 0 Å². The lowest BCUT2D eigenvalue weighted by Gasteiger charge is -2.30. The van der Waals surface area contributed by atoms with Crippen molar-refractivity contribution in [1.82, 2.24) is 10.2 Å². The predicted molar refractivity (Wildman–Crippen MR) is 86.9 cm³/mol. The van der Waals surface area contributed by atoms with Crippen molar-refractivity contribution in [3.8, 4) is 5.75 Å². The highest BCUT2D eigenvalue weighted by Gasteiger charge is 2.21. The molecule has 3 rings (SSSR count). The number of hydrogen-bond donors (Lipinski definition) is 1. The molecule has 1 fully saturated rings. The van der Waals surface area contributed by atoms with Crippen LogP contribution in [-0.2, 0) is 13.0 Å². The lowest BCUT2D eigenvalue weighted by atomic mass is 9.90. The molecule has 116 valence electrons. The Labute approximate surface area is 128 Å². The average Bonchev–Trinajstić information content (AvgIpc) is 2.54. The lowest BCUT2D eigenvalue weighted by Crippen LogP contribution is -2.31. The van der Waals surface area contributed by atoms with E-state index in [4.69, 9.17) is 4.74 Å². The van der Waals surface area contributed by atoms with Gasteiger partial charge in [0, 0.05) is 18.2 Å². The molecule has 0 amide bonds. The monoisotopic (exact) mass is 288 g/mol. The van der Waals surface area contributed by atoms with E-state index in [1.165, 1.54) is 49.0 Å². The van der Waals surface area contributed by atoms with Crippen LogP contribution in [-0.4, -0.2) is 31.6 Å². The highest BCUT2D eigenvalue weighted by Crippen LogP contribution is 2.32. The summed E-state index contributed by atoms with van der Waals surface area (Å²) in [5.74, 6) is 1.07. The van der Waals surface area contributed by atoms with E-state index in [9.17, 15) is 0 Å². The van der Waals surface area contributed by atoms with E-state index in [0.29, 0.717) is 6.04 Å². The van der Waals surface area contributed by atoms with Crippen molar-refractivity contribution in [3.05, 3.63) is 28.8 Å². The summed E-state index contributed by atoms with van der Waals surface area (Å²) < 4.78 is 5.69. The number of ether oxygens (including phenoxy) is 1. The summed E-state index contributed by atoms with van der Waals surface area (Å²) in [4.78, 5) is 2.58. The fourth-order valence-electron chi connectivity index (χ4n) is 3.76. The Kier molecular flexibility index (Phi) is 4.81. The van der Waals surface area contributed by atoms with Gasteiger partial charge < -0.3 is 10.1 Å². The number of hydrogen-bond acceptors (Lipinski definition) is 3. The smallest absolute Gasteiger partial charge is 0.123 e. The van der Waals surface area contributed by atoms with Gasteiger partial charge in [-0.1, -0.05) is 19.4 Å². The molecule has 1 saturated heterocycles. The Morgan fingerprint density at radius 3 is 2.76 bits per heavy atom. The van der Waals surface area contributed by atoms with Crippen molar-refractivity contribution in [2.45, 2.75) is 51.6 Å². The molecular weight excluding hydrogens is 260 g/mol. The number of likely N-dealkylation sites (tertiary alicyclic amines) is 1. The van der Waals surface area contributed by atoms with Gasteiger partial charge in [0.1, 0.15) is 5.75 Å². The molecule has 1 aromatic rings. The molecule has 1 aromatic carbocycles. The third-order valence-electron chi connectivity index (χ3n) is 4.95. The Morgan fingerprint density at radius 2 is 2.05 bits per heavy atom. The number of benzene rings is 1. The lowest BCUT2D eigenvalue weighted by molar-refractivity contribution is 0.218. The van der Waals surface area contributed by atoms with Crippen LogP contribution in [0.25, 0.3) is 0 Å². The van der Waals surface area contributed by atoms with Crippen molar-refractivity contribution < 1.29 is 4.74 Å². The van der Waals surface area contributed by atoms with E-state index in [0.717, 1.165) is 31.7 Å². The first-order valence-corrected chi connectivity index (χ1v) is 8.47. The second-order valence-electron chi connectivity index (χ2n) is 6.36. The van der Waals surface area contributed by atoms with Gasteiger partial charge in [0.25, 0.3) is 0 Å². The maximum atomic E-state index is 5.69. The average molecular weight is 288 g/mol. The molecule has 3 nitrogen and oxygen atoms in total. The largest absolute Gasteiger partial charge is 0.496 e. The number of nitrogens with zero attached hydrogens (tertiary/aromatic N) is 1. The molecule has 0 aromatic heterocycles. The van der Waals surface area contributed by atoms with Gasteiger partial charge in [-0.15, -0.1) is 0 Å². The first-order chi connectivity index (χ1) is 10.3. The summed E-state index contributed by atoms with van der Waals surface area (Å²) in [5, 5.41) is 3.61. The minimum Gasteiger partial charge on any atom is -0.496 e. The maximum Gasteiger partial charge on any atom is 0.123 e. The van der Waals surface area contributed by atoms with Crippen molar-refractivity contribution in [3.63, 3.8) is 0 Å². The molecule has 0 spiro atoms. The predicted octanol–water partition coefficient (Wildman–Crippen LogP) is 3.28. The van der Waals surface area contributed by atoms with Crippen LogP contribution in [0, 0.1) is 0 Å². The van der Waals surface area contributed by atoms with Gasteiger partial charge in [0.05, 0.1) is 7.11 Å². The highest BCUT2D eigenvalue weighted by atomic mass is 16.5. The van der Waals surface area contributed by atoms with Crippen LogP contribution >= 0.6 is 0 Å². The molecule has 1 N–H and O–H groups in total. The maximum absolute atomic E-state index is 5.69. The van der Waals surface area contributed by atoms with E-state index in [1.54, 1.807) is 7.11 Å². The summed E-state index contributed by atoms with van der Waals surface area (Å²) in [6.45, 7) is 6.86. The first kappa shape index (κ1) is 14.9. The van der Waals surface area contributed by atoms with Crippen LogP contribution < -0.4 is 10.1 Å². The third kappa shape index (κ3) is 3.24. The van der Waals surface area contributed by atoms with Crippen molar-refractivity contribution in [2.24, 2.45) is 0 Å².